The van der Waals surface area contributed by atoms with Gasteiger partial charge in [-0.1, -0.05) is 0 Å². The van der Waals surface area contributed by atoms with Crippen LogP contribution in [0, 0.1) is 0 Å². The standard InChI is InChI=1S/C8H15NO3/c1-6(10)8(11)9-4-3-7(5-9)12-2/h6-7,10H,3-5H2,1-2H3. The van der Waals surface area contributed by atoms with Crippen LogP contribution < -0.4 is 0 Å². The van der Waals surface area contributed by atoms with Gasteiger partial charge in [0.15, 0.2) is 0 Å². The Bertz CT molecular complexity index is 170. The summed E-state index contributed by atoms with van der Waals surface area (Å²) in [6.45, 7) is 2.80. The van der Waals surface area contributed by atoms with Crippen molar-refractivity contribution in [2.24, 2.45) is 0 Å². The second kappa shape index (κ2) is 3.87. The highest BCUT2D eigenvalue weighted by atomic mass is 16.5. The molecular weight excluding hydrogens is 158 g/mol. The summed E-state index contributed by atoms with van der Waals surface area (Å²) in [4.78, 5) is 12.9. The van der Waals surface area contributed by atoms with Crippen molar-refractivity contribution in [1.29, 1.82) is 0 Å². The lowest BCUT2D eigenvalue weighted by molar-refractivity contribution is -0.138. The Morgan fingerprint density at radius 1 is 1.75 bits per heavy atom. The van der Waals surface area contributed by atoms with E-state index in [-0.39, 0.29) is 12.0 Å². The van der Waals surface area contributed by atoms with Crippen molar-refractivity contribution < 1.29 is 14.6 Å². The van der Waals surface area contributed by atoms with Gasteiger partial charge in [0.2, 0.25) is 0 Å². The molecule has 0 saturated carbocycles. The van der Waals surface area contributed by atoms with Crippen LogP contribution in [0.4, 0.5) is 0 Å². The number of nitrogens with zero attached hydrogens (tertiary/aromatic N) is 1. The van der Waals surface area contributed by atoms with Gasteiger partial charge in [0.05, 0.1) is 6.10 Å². The van der Waals surface area contributed by atoms with Crippen molar-refractivity contribution in [3.63, 3.8) is 0 Å². The van der Waals surface area contributed by atoms with E-state index in [0.29, 0.717) is 13.1 Å². The molecule has 2 unspecified atom stereocenters. The van der Waals surface area contributed by atoms with Crippen molar-refractivity contribution >= 4 is 5.91 Å². The number of rotatable bonds is 2. The van der Waals surface area contributed by atoms with Gasteiger partial charge in [0.25, 0.3) is 5.91 Å². The second-order valence-corrected chi connectivity index (χ2v) is 3.11. The van der Waals surface area contributed by atoms with Gasteiger partial charge in [-0.2, -0.15) is 0 Å². The summed E-state index contributed by atoms with van der Waals surface area (Å²) < 4.78 is 5.10. The molecule has 2 atom stereocenters. The third kappa shape index (κ3) is 1.95. The van der Waals surface area contributed by atoms with Gasteiger partial charge in [0, 0.05) is 20.2 Å². The molecule has 1 saturated heterocycles. The molecule has 1 amide bonds. The van der Waals surface area contributed by atoms with Crippen LogP contribution in [0.15, 0.2) is 0 Å². The highest BCUT2D eigenvalue weighted by Gasteiger charge is 2.27. The van der Waals surface area contributed by atoms with Crippen LogP contribution in [-0.2, 0) is 9.53 Å². The molecule has 0 bridgehead atoms. The van der Waals surface area contributed by atoms with E-state index in [1.54, 1.807) is 12.0 Å². The van der Waals surface area contributed by atoms with E-state index in [2.05, 4.69) is 0 Å². The monoisotopic (exact) mass is 173 g/mol. The molecule has 0 aliphatic carbocycles. The van der Waals surface area contributed by atoms with Gasteiger partial charge in [-0.15, -0.1) is 0 Å². The Morgan fingerprint density at radius 3 is 2.83 bits per heavy atom. The Morgan fingerprint density at radius 2 is 2.42 bits per heavy atom. The number of aliphatic hydroxyl groups excluding tert-OH is 1. The summed E-state index contributed by atoms with van der Waals surface area (Å²) >= 11 is 0. The first-order valence-electron chi connectivity index (χ1n) is 4.14. The maximum absolute atomic E-state index is 11.2. The number of carbonyl (C=O) groups excluding carboxylic acids is 1. The zero-order valence-corrected chi connectivity index (χ0v) is 7.49. The largest absolute Gasteiger partial charge is 0.384 e. The number of hydrogen-bond acceptors (Lipinski definition) is 3. The average molecular weight is 173 g/mol. The summed E-state index contributed by atoms with van der Waals surface area (Å²) in [6.07, 6.45) is 0.128. The van der Waals surface area contributed by atoms with E-state index in [1.165, 1.54) is 6.92 Å². The third-order valence-corrected chi connectivity index (χ3v) is 2.15. The minimum Gasteiger partial charge on any atom is -0.384 e. The topological polar surface area (TPSA) is 49.8 Å². The maximum atomic E-state index is 11.2. The minimum atomic E-state index is -0.888. The second-order valence-electron chi connectivity index (χ2n) is 3.11. The van der Waals surface area contributed by atoms with Crippen LogP contribution in [0.25, 0.3) is 0 Å². The summed E-state index contributed by atoms with van der Waals surface area (Å²) in [6, 6.07) is 0. The first kappa shape index (κ1) is 9.48. The predicted molar refractivity (Wildman–Crippen MR) is 43.7 cm³/mol. The maximum Gasteiger partial charge on any atom is 0.251 e. The first-order chi connectivity index (χ1) is 5.65. The number of likely N-dealkylation sites (tertiary alicyclic amines) is 1. The smallest absolute Gasteiger partial charge is 0.251 e. The molecule has 0 aromatic heterocycles. The third-order valence-electron chi connectivity index (χ3n) is 2.15. The van der Waals surface area contributed by atoms with E-state index in [0.717, 1.165) is 6.42 Å². The molecule has 70 valence electrons. The number of methoxy groups -OCH3 is 1. The van der Waals surface area contributed by atoms with E-state index in [1.807, 2.05) is 0 Å². The predicted octanol–water partition coefficient (Wildman–Crippen LogP) is -0.385. The zero-order valence-electron chi connectivity index (χ0n) is 7.49. The van der Waals surface area contributed by atoms with E-state index < -0.39 is 6.10 Å². The molecule has 0 aromatic rings. The van der Waals surface area contributed by atoms with Crippen LogP contribution in [0.3, 0.4) is 0 Å². The lowest BCUT2D eigenvalue weighted by atomic mass is 10.3. The van der Waals surface area contributed by atoms with Crippen molar-refractivity contribution in [3.8, 4) is 0 Å². The normalized spacial score (nSPS) is 25.9. The summed E-state index contributed by atoms with van der Waals surface area (Å²) in [5, 5.41) is 9.01. The number of hydrogen-bond donors (Lipinski definition) is 1. The Balaban J connectivity index is 2.41. The van der Waals surface area contributed by atoms with Gasteiger partial charge < -0.3 is 14.7 Å². The molecule has 1 aliphatic heterocycles. The molecule has 0 aromatic carbocycles. The fourth-order valence-electron chi connectivity index (χ4n) is 1.38. The molecule has 1 N–H and O–H groups in total. The van der Waals surface area contributed by atoms with Crippen molar-refractivity contribution in [2.45, 2.75) is 25.6 Å². The number of amides is 1. The summed E-state index contributed by atoms with van der Waals surface area (Å²) in [5.74, 6) is -0.199. The van der Waals surface area contributed by atoms with Gasteiger partial charge >= 0.3 is 0 Å². The Kier molecular flexibility index (Phi) is 3.05. The summed E-state index contributed by atoms with van der Waals surface area (Å²) in [5.41, 5.74) is 0. The average Bonchev–Trinajstić information content (AvgIpc) is 2.50. The van der Waals surface area contributed by atoms with Crippen LogP contribution in [0.1, 0.15) is 13.3 Å². The molecule has 4 nitrogen and oxygen atoms in total. The molecule has 4 heteroatoms. The van der Waals surface area contributed by atoms with E-state index in [4.69, 9.17) is 9.84 Å². The number of ether oxygens (including phenoxy) is 1. The molecule has 12 heavy (non-hydrogen) atoms. The van der Waals surface area contributed by atoms with Crippen LogP contribution in [0.5, 0.6) is 0 Å². The van der Waals surface area contributed by atoms with Gasteiger partial charge in [0.1, 0.15) is 6.10 Å². The molecule has 0 spiro atoms. The lowest BCUT2D eigenvalue weighted by Crippen LogP contribution is -2.36. The van der Waals surface area contributed by atoms with Crippen LogP contribution >= 0.6 is 0 Å². The van der Waals surface area contributed by atoms with Gasteiger partial charge in [-0.05, 0) is 13.3 Å². The number of carbonyl (C=O) groups is 1. The van der Waals surface area contributed by atoms with E-state index >= 15 is 0 Å². The van der Waals surface area contributed by atoms with Crippen LogP contribution in [0.2, 0.25) is 0 Å². The molecule has 1 heterocycles. The Hall–Kier alpha value is -0.610. The zero-order chi connectivity index (χ0) is 9.14. The van der Waals surface area contributed by atoms with Crippen molar-refractivity contribution in [1.82, 2.24) is 4.90 Å². The quantitative estimate of drug-likeness (QED) is 0.619. The van der Waals surface area contributed by atoms with Crippen LogP contribution in [-0.4, -0.2) is 48.3 Å². The highest BCUT2D eigenvalue weighted by molar-refractivity contribution is 5.80. The van der Waals surface area contributed by atoms with Crippen molar-refractivity contribution in [3.05, 3.63) is 0 Å². The number of aliphatic hydroxyl groups is 1. The van der Waals surface area contributed by atoms with E-state index in [9.17, 15) is 4.79 Å². The molecule has 1 aliphatic rings. The fourth-order valence-corrected chi connectivity index (χ4v) is 1.38. The van der Waals surface area contributed by atoms with Crippen molar-refractivity contribution in [2.75, 3.05) is 20.2 Å². The molecule has 1 rings (SSSR count). The highest BCUT2D eigenvalue weighted by Crippen LogP contribution is 2.12. The van der Waals surface area contributed by atoms with Gasteiger partial charge in [-0.3, -0.25) is 4.79 Å². The summed E-state index contributed by atoms with van der Waals surface area (Å²) in [7, 11) is 1.64. The van der Waals surface area contributed by atoms with Gasteiger partial charge in [-0.25, -0.2) is 0 Å². The Labute approximate surface area is 72.1 Å². The first-order valence-corrected chi connectivity index (χ1v) is 4.14. The molecule has 1 fully saturated rings. The molecular formula is C8H15NO3. The fraction of sp³-hybridized carbons (Fsp3) is 0.875. The SMILES string of the molecule is COC1CCN(C(=O)C(C)O)C1. The minimum absolute atomic E-state index is 0.146. The molecule has 0 radical (unpaired) electrons. The lowest BCUT2D eigenvalue weighted by Gasteiger charge is -2.17.